The molecule has 14 heavy (non-hydrogen) atoms. The Morgan fingerprint density at radius 2 is 1.50 bits per heavy atom. The minimum Gasteiger partial charge on any atom is -0.381 e. The zero-order valence-corrected chi connectivity index (χ0v) is 10.1. The quantitative estimate of drug-likeness (QED) is 0.600. The van der Waals surface area contributed by atoms with Gasteiger partial charge in [-0.1, -0.05) is 20.8 Å². The minimum atomic E-state index is 0.824. The standard InChI is InChI=1S/2C5H10O.C2H6/c1-5-2-3-6-4-5;1-2-4-6-5-3-1;1-2/h5H,2-4H2,1H3;1-5H2;1-2H3. The molecule has 0 radical (unpaired) electrons. The SMILES string of the molecule is C1CCOCC1.CC.CC1CCOC1. The van der Waals surface area contributed by atoms with Crippen molar-refractivity contribution >= 4 is 0 Å². The molecular formula is C12H26O2. The van der Waals surface area contributed by atoms with Crippen molar-refractivity contribution in [2.45, 2.75) is 46.5 Å². The molecule has 2 fully saturated rings. The van der Waals surface area contributed by atoms with Crippen LogP contribution < -0.4 is 0 Å². The Hall–Kier alpha value is -0.0800. The number of ether oxygens (including phenoxy) is 2. The Labute approximate surface area is 89.0 Å². The van der Waals surface area contributed by atoms with E-state index in [0.717, 1.165) is 32.3 Å². The maximum atomic E-state index is 5.07. The third-order valence-electron chi connectivity index (χ3n) is 2.23. The van der Waals surface area contributed by atoms with Gasteiger partial charge in [-0.25, -0.2) is 0 Å². The summed E-state index contributed by atoms with van der Waals surface area (Å²) in [6, 6.07) is 0. The Balaban J connectivity index is 0.000000206. The third-order valence-corrected chi connectivity index (χ3v) is 2.23. The molecule has 0 aromatic carbocycles. The highest BCUT2D eigenvalue weighted by Crippen LogP contribution is 2.09. The van der Waals surface area contributed by atoms with Crippen LogP contribution in [0.15, 0.2) is 0 Å². The fourth-order valence-electron chi connectivity index (χ4n) is 1.34. The molecule has 86 valence electrons. The smallest absolute Gasteiger partial charge is 0.0492 e. The summed E-state index contributed by atoms with van der Waals surface area (Å²) in [4.78, 5) is 0. The lowest BCUT2D eigenvalue weighted by Gasteiger charge is -2.08. The molecule has 0 aromatic rings. The summed E-state index contributed by atoms with van der Waals surface area (Å²) in [6.45, 7) is 10.2. The summed E-state index contributed by atoms with van der Waals surface area (Å²) in [7, 11) is 0. The molecule has 2 heteroatoms. The highest BCUT2D eigenvalue weighted by molar-refractivity contribution is 4.55. The van der Waals surface area contributed by atoms with Gasteiger partial charge >= 0.3 is 0 Å². The van der Waals surface area contributed by atoms with Crippen molar-refractivity contribution < 1.29 is 9.47 Å². The van der Waals surface area contributed by atoms with Crippen LogP contribution in [0.3, 0.4) is 0 Å². The molecule has 0 spiro atoms. The molecule has 2 heterocycles. The maximum Gasteiger partial charge on any atom is 0.0492 e. The molecule has 0 bridgehead atoms. The molecule has 0 aliphatic carbocycles. The molecule has 0 aromatic heterocycles. The topological polar surface area (TPSA) is 18.5 Å². The molecule has 2 saturated heterocycles. The van der Waals surface area contributed by atoms with Gasteiger partial charge < -0.3 is 9.47 Å². The molecular weight excluding hydrogens is 176 g/mol. The summed E-state index contributed by atoms with van der Waals surface area (Å²) < 4.78 is 10.1. The van der Waals surface area contributed by atoms with Gasteiger partial charge in [0, 0.05) is 26.4 Å². The van der Waals surface area contributed by atoms with Gasteiger partial charge in [0.05, 0.1) is 0 Å². The van der Waals surface area contributed by atoms with E-state index < -0.39 is 0 Å². The normalized spacial score (nSPS) is 25.5. The predicted octanol–water partition coefficient (Wildman–Crippen LogP) is 3.26. The van der Waals surface area contributed by atoms with Gasteiger partial charge in [-0.2, -0.15) is 0 Å². The van der Waals surface area contributed by atoms with Crippen LogP contribution >= 0.6 is 0 Å². The van der Waals surface area contributed by atoms with Gasteiger partial charge in [0.15, 0.2) is 0 Å². The van der Waals surface area contributed by atoms with E-state index in [4.69, 9.17) is 9.47 Å². The van der Waals surface area contributed by atoms with Gasteiger partial charge in [-0.3, -0.25) is 0 Å². The summed E-state index contributed by atoms with van der Waals surface area (Å²) in [6.07, 6.45) is 5.19. The van der Waals surface area contributed by atoms with E-state index in [-0.39, 0.29) is 0 Å². The summed E-state index contributed by atoms with van der Waals surface area (Å²) >= 11 is 0. The van der Waals surface area contributed by atoms with E-state index in [1.54, 1.807) is 0 Å². The van der Waals surface area contributed by atoms with Crippen LogP contribution in [0, 0.1) is 5.92 Å². The third kappa shape index (κ3) is 8.52. The Morgan fingerprint density at radius 3 is 1.64 bits per heavy atom. The van der Waals surface area contributed by atoms with Crippen LogP contribution in [0.4, 0.5) is 0 Å². The van der Waals surface area contributed by atoms with Crippen LogP contribution in [-0.4, -0.2) is 26.4 Å². The lowest BCUT2D eigenvalue weighted by atomic mass is 10.2. The second kappa shape index (κ2) is 11.0. The largest absolute Gasteiger partial charge is 0.381 e. The first kappa shape index (κ1) is 13.9. The highest BCUT2D eigenvalue weighted by atomic mass is 16.5. The van der Waals surface area contributed by atoms with Crippen LogP contribution in [0.2, 0.25) is 0 Å². The van der Waals surface area contributed by atoms with Gasteiger partial charge in [-0.05, 0) is 31.6 Å². The second-order valence-corrected chi connectivity index (χ2v) is 3.64. The average molecular weight is 202 g/mol. The molecule has 2 rings (SSSR count). The van der Waals surface area contributed by atoms with Gasteiger partial charge in [-0.15, -0.1) is 0 Å². The Bertz CT molecular complexity index is 83.0. The summed E-state index contributed by atoms with van der Waals surface area (Å²) in [5, 5.41) is 0. The first-order valence-electron chi connectivity index (χ1n) is 6.05. The first-order valence-corrected chi connectivity index (χ1v) is 6.05. The van der Waals surface area contributed by atoms with Crippen LogP contribution in [-0.2, 0) is 9.47 Å². The van der Waals surface area contributed by atoms with E-state index in [1.807, 2.05) is 13.8 Å². The van der Waals surface area contributed by atoms with E-state index in [0.29, 0.717) is 0 Å². The average Bonchev–Trinajstić information content (AvgIpc) is 2.76. The zero-order chi connectivity index (χ0) is 10.6. The van der Waals surface area contributed by atoms with Gasteiger partial charge in [0.25, 0.3) is 0 Å². The number of hydrogen-bond acceptors (Lipinski definition) is 2. The van der Waals surface area contributed by atoms with Gasteiger partial charge in [0.2, 0.25) is 0 Å². The van der Waals surface area contributed by atoms with Crippen molar-refractivity contribution in [1.29, 1.82) is 0 Å². The number of hydrogen-bond donors (Lipinski definition) is 0. The van der Waals surface area contributed by atoms with Crippen molar-refractivity contribution in [3.63, 3.8) is 0 Å². The lowest BCUT2D eigenvalue weighted by Crippen LogP contribution is -2.03. The first-order chi connectivity index (χ1) is 6.89. The molecule has 1 unspecified atom stereocenters. The van der Waals surface area contributed by atoms with E-state index in [1.165, 1.54) is 25.7 Å². The monoisotopic (exact) mass is 202 g/mol. The maximum absolute atomic E-state index is 5.07. The van der Waals surface area contributed by atoms with E-state index >= 15 is 0 Å². The van der Waals surface area contributed by atoms with Crippen molar-refractivity contribution in [3.8, 4) is 0 Å². The van der Waals surface area contributed by atoms with Crippen molar-refractivity contribution in [3.05, 3.63) is 0 Å². The van der Waals surface area contributed by atoms with Crippen LogP contribution in [0.1, 0.15) is 46.5 Å². The molecule has 2 nitrogen and oxygen atoms in total. The molecule has 1 atom stereocenters. The number of rotatable bonds is 0. The molecule has 2 aliphatic heterocycles. The summed E-state index contributed by atoms with van der Waals surface area (Å²) in [5.74, 6) is 0.824. The van der Waals surface area contributed by atoms with Gasteiger partial charge in [0.1, 0.15) is 0 Å². The molecule has 0 amide bonds. The minimum absolute atomic E-state index is 0.824. The fraction of sp³-hybridized carbons (Fsp3) is 1.00. The predicted molar refractivity (Wildman–Crippen MR) is 60.6 cm³/mol. The second-order valence-electron chi connectivity index (χ2n) is 3.64. The Morgan fingerprint density at radius 1 is 0.857 bits per heavy atom. The van der Waals surface area contributed by atoms with Crippen LogP contribution in [0.5, 0.6) is 0 Å². The van der Waals surface area contributed by atoms with E-state index in [2.05, 4.69) is 6.92 Å². The zero-order valence-electron chi connectivity index (χ0n) is 10.1. The fourth-order valence-corrected chi connectivity index (χ4v) is 1.34. The molecule has 0 N–H and O–H groups in total. The molecule has 2 aliphatic rings. The van der Waals surface area contributed by atoms with Crippen molar-refractivity contribution in [2.75, 3.05) is 26.4 Å². The summed E-state index contributed by atoms with van der Waals surface area (Å²) in [5.41, 5.74) is 0. The van der Waals surface area contributed by atoms with Crippen molar-refractivity contribution in [1.82, 2.24) is 0 Å². The van der Waals surface area contributed by atoms with Crippen molar-refractivity contribution in [2.24, 2.45) is 5.92 Å². The Kier molecular flexibility index (Phi) is 10.9. The van der Waals surface area contributed by atoms with Crippen LogP contribution in [0.25, 0.3) is 0 Å². The highest BCUT2D eigenvalue weighted by Gasteiger charge is 2.07. The van der Waals surface area contributed by atoms with E-state index in [9.17, 15) is 0 Å². The lowest BCUT2D eigenvalue weighted by molar-refractivity contribution is 0.0968. The molecule has 0 saturated carbocycles.